The highest BCUT2D eigenvalue weighted by Crippen LogP contribution is 2.37. The van der Waals surface area contributed by atoms with Crippen molar-refractivity contribution in [1.82, 2.24) is 14.9 Å². The van der Waals surface area contributed by atoms with Crippen LogP contribution in [0, 0.1) is 13.8 Å². The first-order valence-electron chi connectivity index (χ1n) is 9.97. The molecule has 1 aliphatic heterocycles. The van der Waals surface area contributed by atoms with Gasteiger partial charge in [-0.3, -0.25) is 9.69 Å². The maximum Gasteiger partial charge on any atom is 0.260 e. The zero-order valence-electron chi connectivity index (χ0n) is 16.6. The molecule has 6 heteroatoms. The molecule has 1 N–H and O–H groups in total. The van der Waals surface area contributed by atoms with E-state index >= 15 is 0 Å². The minimum atomic E-state index is -0.0307. The molecule has 4 nitrogen and oxygen atoms in total. The van der Waals surface area contributed by atoms with Crippen LogP contribution in [0.3, 0.4) is 0 Å². The number of H-pyrrole nitrogens is 1. The predicted octanol–water partition coefficient (Wildman–Crippen LogP) is 5.67. The number of hydrogen-bond acceptors (Lipinski definition) is 5. The van der Waals surface area contributed by atoms with E-state index in [1.807, 2.05) is 11.3 Å². The molecule has 0 unspecified atom stereocenters. The molecule has 4 aromatic rings. The van der Waals surface area contributed by atoms with Gasteiger partial charge in [0.15, 0.2) is 0 Å². The van der Waals surface area contributed by atoms with Crippen LogP contribution >= 0.6 is 22.7 Å². The number of nitrogens with one attached hydrogen (secondary N) is 1. The summed E-state index contributed by atoms with van der Waals surface area (Å²) in [7, 11) is 0. The first-order chi connectivity index (χ1) is 14.1. The molecule has 1 saturated heterocycles. The average molecular weight is 422 g/mol. The first kappa shape index (κ1) is 18.7. The van der Waals surface area contributed by atoms with Crippen LogP contribution in [0.2, 0.25) is 0 Å². The zero-order chi connectivity index (χ0) is 20.0. The molecule has 1 aromatic carbocycles. The minimum Gasteiger partial charge on any atom is -0.309 e. The Bertz CT molecular complexity index is 1210. The van der Waals surface area contributed by atoms with Gasteiger partial charge in [0.2, 0.25) is 0 Å². The summed E-state index contributed by atoms with van der Waals surface area (Å²) in [5.41, 5.74) is 3.28. The van der Waals surface area contributed by atoms with Gasteiger partial charge in [0.05, 0.1) is 11.9 Å². The molecule has 0 amide bonds. The number of likely N-dealkylation sites (tertiary alicyclic amines) is 1. The van der Waals surface area contributed by atoms with Crippen molar-refractivity contribution in [3.63, 3.8) is 0 Å². The fraction of sp³-hybridized carbons (Fsp3) is 0.304. The first-order valence-corrected chi connectivity index (χ1v) is 11.7. The third kappa shape index (κ3) is 3.45. The normalized spacial score (nSPS) is 17.4. The number of rotatable bonds is 4. The number of aromatic amines is 1. The van der Waals surface area contributed by atoms with Gasteiger partial charge >= 0.3 is 0 Å². The molecule has 1 aliphatic rings. The van der Waals surface area contributed by atoms with Gasteiger partial charge in [0.25, 0.3) is 5.56 Å². The lowest BCUT2D eigenvalue weighted by molar-refractivity contribution is 0.245. The van der Waals surface area contributed by atoms with Gasteiger partial charge in [0.1, 0.15) is 10.7 Å². The lowest BCUT2D eigenvalue weighted by atomic mass is 10.0. The van der Waals surface area contributed by atoms with Crippen molar-refractivity contribution in [2.24, 2.45) is 0 Å². The molecular weight excluding hydrogens is 398 g/mol. The molecule has 3 aromatic heterocycles. The molecule has 148 valence electrons. The van der Waals surface area contributed by atoms with E-state index in [0.29, 0.717) is 12.6 Å². The van der Waals surface area contributed by atoms with Crippen LogP contribution in [-0.2, 0) is 6.54 Å². The zero-order valence-corrected chi connectivity index (χ0v) is 18.2. The molecule has 5 rings (SSSR count). The van der Waals surface area contributed by atoms with E-state index in [9.17, 15) is 4.79 Å². The highest BCUT2D eigenvalue weighted by Gasteiger charge is 2.27. The van der Waals surface area contributed by atoms with Crippen LogP contribution in [0.5, 0.6) is 0 Å². The molecule has 0 spiro atoms. The minimum absolute atomic E-state index is 0.0307. The van der Waals surface area contributed by atoms with Crippen LogP contribution in [0.15, 0.2) is 46.6 Å². The summed E-state index contributed by atoms with van der Waals surface area (Å²) in [6.07, 6.45) is 2.35. The number of benzene rings is 1. The molecule has 4 heterocycles. The number of aromatic nitrogens is 2. The molecule has 0 radical (unpaired) electrons. The molecule has 0 saturated carbocycles. The van der Waals surface area contributed by atoms with E-state index < -0.39 is 0 Å². The summed E-state index contributed by atoms with van der Waals surface area (Å²) in [5, 5.41) is 2.86. The van der Waals surface area contributed by atoms with Gasteiger partial charge in [-0.25, -0.2) is 4.98 Å². The summed E-state index contributed by atoms with van der Waals surface area (Å²) in [6.45, 7) is 5.88. The number of thiophene rings is 2. The largest absolute Gasteiger partial charge is 0.309 e. The van der Waals surface area contributed by atoms with Gasteiger partial charge in [-0.1, -0.05) is 35.9 Å². The molecule has 29 heavy (non-hydrogen) atoms. The molecule has 0 aliphatic carbocycles. The van der Waals surface area contributed by atoms with E-state index in [-0.39, 0.29) is 5.56 Å². The Labute approximate surface area is 177 Å². The smallest absolute Gasteiger partial charge is 0.260 e. The van der Waals surface area contributed by atoms with Crippen molar-refractivity contribution < 1.29 is 0 Å². The second-order valence-electron chi connectivity index (χ2n) is 7.74. The fourth-order valence-electron chi connectivity index (χ4n) is 4.32. The van der Waals surface area contributed by atoms with Crippen molar-refractivity contribution in [2.75, 3.05) is 6.54 Å². The highest BCUT2D eigenvalue weighted by atomic mass is 32.1. The lowest BCUT2D eigenvalue weighted by Crippen LogP contribution is -2.25. The van der Waals surface area contributed by atoms with Crippen molar-refractivity contribution in [2.45, 2.75) is 39.3 Å². The Balaban J connectivity index is 1.51. The summed E-state index contributed by atoms with van der Waals surface area (Å²) in [4.78, 5) is 26.8. The van der Waals surface area contributed by atoms with Crippen LogP contribution in [-0.4, -0.2) is 21.4 Å². The third-order valence-corrected chi connectivity index (χ3v) is 7.69. The van der Waals surface area contributed by atoms with Crippen LogP contribution < -0.4 is 5.56 Å². The third-order valence-electron chi connectivity index (χ3n) is 5.72. The van der Waals surface area contributed by atoms with Crippen molar-refractivity contribution >= 4 is 32.9 Å². The lowest BCUT2D eigenvalue weighted by Gasteiger charge is -2.22. The van der Waals surface area contributed by atoms with Gasteiger partial charge in [0, 0.05) is 21.4 Å². The topological polar surface area (TPSA) is 49.0 Å². The predicted molar refractivity (Wildman–Crippen MR) is 122 cm³/mol. The van der Waals surface area contributed by atoms with E-state index in [4.69, 9.17) is 4.98 Å². The van der Waals surface area contributed by atoms with Gasteiger partial charge in [-0.15, -0.1) is 22.7 Å². The fourth-order valence-corrected chi connectivity index (χ4v) is 6.28. The highest BCUT2D eigenvalue weighted by molar-refractivity contribution is 7.19. The number of fused-ring (bicyclic) bond motifs is 1. The number of aryl methyl sites for hydroxylation is 2. The second-order valence-corrected chi connectivity index (χ2v) is 9.92. The van der Waals surface area contributed by atoms with E-state index in [1.54, 1.807) is 11.3 Å². The SMILES string of the molecule is Cc1ccc(-c2c(C)sc3nc(CN4CCC[C@@H]4c4cccs4)[nH]c(=O)c23)cc1. The quantitative estimate of drug-likeness (QED) is 0.462. The monoisotopic (exact) mass is 421 g/mol. The molecular formula is C23H23N3OS2. The van der Waals surface area contributed by atoms with Gasteiger partial charge in [-0.2, -0.15) is 0 Å². The van der Waals surface area contributed by atoms with E-state index in [1.165, 1.54) is 23.3 Å². The van der Waals surface area contributed by atoms with Crippen molar-refractivity contribution in [1.29, 1.82) is 0 Å². The molecule has 1 fully saturated rings. The summed E-state index contributed by atoms with van der Waals surface area (Å²) < 4.78 is 0. The Morgan fingerprint density at radius 2 is 2.03 bits per heavy atom. The summed E-state index contributed by atoms with van der Waals surface area (Å²) >= 11 is 3.43. The maximum atomic E-state index is 13.1. The van der Waals surface area contributed by atoms with Crippen molar-refractivity contribution in [3.8, 4) is 11.1 Å². The second kappa shape index (κ2) is 7.52. The van der Waals surface area contributed by atoms with Crippen molar-refractivity contribution in [3.05, 3.63) is 73.3 Å². The maximum absolute atomic E-state index is 13.1. The summed E-state index contributed by atoms with van der Waals surface area (Å²) in [5.74, 6) is 0.766. The van der Waals surface area contributed by atoms with E-state index in [0.717, 1.165) is 38.6 Å². The Kier molecular flexibility index (Phi) is 4.86. The average Bonchev–Trinajstić information content (AvgIpc) is 3.42. The molecule has 1 atom stereocenters. The van der Waals surface area contributed by atoms with Gasteiger partial charge in [-0.05, 0) is 50.2 Å². The number of nitrogens with zero attached hydrogens (tertiary/aromatic N) is 2. The van der Waals surface area contributed by atoms with Gasteiger partial charge < -0.3 is 4.98 Å². The molecule has 0 bridgehead atoms. The number of hydrogen-bond donors (Lipinski definition) is 1. The van der Waals surface area contributed by atoms with Crippen LogP contribution in [0.1, 0.15) is 40.0 Å². The summed E-state index contributed by atoms with van der Waals surface area (Å²) in [6, 6.07) is 13.1. The Hall–Kier alpha value is -2.28. The Morgan fingerprint density at radius 3 is 2.79 bits per heavy atom. The Morgan fingerprint density at radius 1 is 1.21 bits per heavy atom. The van der Waals surface area contributed by atoms with E-state index in [2.05, 4.69) is 65.5 Å². The standard InChI is InChI=1S/C23H23N3OS2/c1-14-7-9-16(10-8-14)20-15(2)29-23-21(20)22(27)24-19(25-23)13-26-11-3-5-17(26)18-6-4-12-28-18/h4,6-10,12,17H,3,5,11,13H2,1-2H3,(H,24,25,27)/t17-/m1/s1. The van der Waals surface area contributed by atoms with Crippen LogP contribution in [0.4, 0.5) is 0 Å². The van der Waals surface area contributed by atoms with Crippen LogP contribution in [0.25, 0.3) is 21.3 Å².